The topological polar surface area (TPSA) is 71.4 Å². The van der Waals surface area contributed by atoms with Gasteiger partial charge in [-0.1, -0.05) is 24.3 Å². The van der Waals surface area contributed by atoms with Crippen molar-refractivity contribution in [1.82, 2.24) is 0 Å². The molecule has 0 spiro atoms. The summed E-state index contributed by atoms with van der Waals surface area (Å²) in [4.78, 5) is 32.5. The molecule has 0 aliphatic rings. The second-order valence-electron chi connectivity index (χ2n) is 3.55. The molecular formula is C13H8O4. The molecule has 0 unspecified atom stereocenters. The van der Waals surface area contributed by atoms with Gasteiger partial charge >= 0.3 is 5.97 Å². The van der Waals surface area contributed by atoms with Gasteiger partial charge in [-0.25, -0.2) is 4.79 Å². The Kier molecular flexibility index (Phi) is 2.70. The average molecular weight is 228 g/mol. The minimum absolute atomic E-state index is 0.0325. The molecule has 0 aromatic heterocycles. The van der Waals surface area contributed by atoms with Crippen LogP contribution in [0.3, 0.4) is 0 Å². The van der Waals surface area contributed by atoms with E-state index in [0.29, 0.717) is 28.9 Å². The number of rotatable bonds is 3. The number of hydrogen-bond donors (Lipinski definition) is 1. The molecule has 0 radical (unpaired) electrons. The Morgan fingerprint density at radius 1 is 1.06 bits per heavy atom. The summed E-state index contributed by atoms with van der Waals surface area (Å²) in [7, 11) is 0. The van der Waals surface area contributed by atoms with Crippen molar-refractivity contribution in [3.63, 3.8) is 0 Å². The van der Waals surface area contributed by atoms with Gasteiger partial charge in [0.15, 0.2) is 6.29 Å². The van der Waals surface area contributed by atoms with Crippen LogP contribution in [0.5, 0.6) is 0 Å². The van der Waals surface area contributed by atoms with Crippen molar-refractivity contribution in [3.05, 3.63) is 47.0 Å². The maximum Gasteiger partial charge on any atom is 0.337 e. The molecule has 0 bridgehead atoms. The Morgan fingerprint density at radius 2 is 1.82 bits per heavy atom. The number of benzene rings is 2. The fourth-order valence-corrected chi connectivity index (χ4v) is 1.78. The van der Waals surface area contributed by atoms with Gasteiger partial charge in [0.1, 0.15) is 6.29 Å². The highest BCUT2D eigenvalue weighted by molar-refractivity contribution is 6.10. The SMILES string of the molecule is O=Cc1ccc2c(C(=O)O)c(C=O)ccc2c1. The number of carboxylic acid groups (broad SMARTS) is 1. The van der Waals surface area contributed by atoms with E-state index in [9.17, 15) is 14.4 Å². The minimum atomic E-state index is -1.16. The maximum atomic E-state index is 11.1. The molecule has 84 valence electrons. The van der Waals surface area contributed by atoms with Crippen LogP contribution in [-0.4, -0.2) is 23.6 Å². The van der Waals surface area contributed by atoms with E-state index in [2.05, 4.69) is 0 Å². The van der Waals surface area contributed by atoms with Crippen LogP contribution in [0.2, 0.25) is 0 Å². The molecule has 1 N–H and O–H groups in total. The van der Waals surface area contributed by atoms with Gasteiger partial charge in [0.2, 0.25) is 0 Å². The molecule has 0 aliphatic heterocycles. The summed E-state index contributed by atoms with van der Waals surface area (Å²) < 4.78 is 0. The third-order valence-corrected chi connectivity index (χ3v) is 2.55. The second-order valence-corrected chi connectivity index (χ2v) is 3.55. The number of carbonyl (C=O) groups excluding carboxylic acids is 2. The molecule has 4 heteroatoms. The normalized spacial score (nSPS) is 10.1. The van der Waals surface area contributed by atoms with Crippen LogP contribution in [0.25, 0.3) is 10.8 Å². The summed E-state index contributed by atoms with van der Waals surface area (Å²) in [5, 5.41) is 10.2. The lowest BCUT2D eigenvalue weighted by Gasteiger charge is -2.05. The molecule has 2 rings (SSSR count). The van der Waals surface area contributed by atoms with Gasteiger partial charge in [0.25, 0.3) is 0 Å². The van der Waals surface area contributed by atoms with Crippen LogP contribution in [0.15, 0.2) is 30.3 Å². The highest BCUT2D eigenvalue weighted by Crippen LogP contribution is 2.22. The van der Waals surface area contributed by atoms with Crippen molar-refractivity contribution < 1.29 is 19.5 Å². The standard InChI is InChI=1S/C13H8O4/c14-6-8-1-4-11-9(5-8)2-3-10(7-15)12(11)13(16)17/h1-7H,(H,16,17). The minimum Gasteiger partial charge on any atom is -0.478 e. The zero-order valence-electron chi connectivity index (χ0n) is 8.71. The average Bonchev–Trinajstić information content (AvgIpc) is 2.36. The Bertz CT molecular complexity index is 629. The van der Waals surface area contributed by atoms with Crippen molar-refractivity contribution in [3.8, 4) is 0 Å². The fourth-order valence-electron chi connectivity index (χ4n) is 1.78. The second kappa shape index (κ2) is 4.17. The molecule has 2 aromatic rings. The molecular weight excluding hydrogens is 220 g/mol. The van der Waals surface area contributed by atoms with Crippen LogP contribution in [-0.2, 0) is 0 Å². The van der Waals surface area contributed by atoms with E-state index in [1.807, 2.05) is 0 Å². The van der Waals surface area contributed by atoms with Gasteiger partial charge in [0, 0.05) is 11.1 Å². The molecule has 0 saturated carbocycles. The smallest absolute Gasteiger partial charge is 0.337 e. The van der Waals surface area contributed by atoms with Crippen LogP contribution in [0.1, 0.15) is 31.1 Å². The van der Waals surface area contributed by atoms with Crippen molar-refractivity contribution in [2.24, 2.45) is 0 Å². The van der Waals surface area contributed by atoms with Gasteiger partial charge in [-0.05, 0) is 16.8 Å². The first-order chi connectivity index (χ1) is 8.17. The van der Waals surface area contributed by atoms with E-state index in [4.69, 9.17) is 5.11 Å². The van der Waals surface area contributed by atoms with Crippen molar-refractivity contribution >= 4 is 29.3 Å². The third-order valence-electron chi connectivity index (χ3n) is 2.55. The zero-order valence-corrected chi connectivity index (χ0v) is 8.71. The molecule has 0 aliphatic carbocycles. The zero-order chi connectivity index (χ0) is 12.4. The maximum absolute atomic E-state index is 11.1. The fraction of sp³-hybridized carbons (Fsp3) is 0. The molecule has 2 aromatic carbocycles. The molecule has 0 amide bonds. The molecule has 0 saturated heterocycles. The third kappa shape index (κ3) is 1.80. The lowest BCUT2D eigenvalue weighted by Crippen LogP contribution is -2.03. The van der Waals surface area contributed by atoms with Gasteiger partial charge < -0.3 is 5.11 Å². The van der Waals surface area contributed by atoms with E-state index in [1.54, 1.807) is 12.1 Å². The number of carbonyl (C=O) groups is 3. The van der Waals surface area contributed by atoms with Gasteiger partial charge in [0.05, 0.1) is 5.56 Å². The first kappa shape index (κ1) is 11.0. The van der Waals surface area contributed by atoms with Crippen LogP contribution >= 0.6 is 0 Å². The van der Waals surface area contributed by atoms with E-state index in [1.165, 1.54) is 18.2 Å². The Labute approximate surface area is 96.5 Å². The molecule has 4 nitrogen and oxygen atoms in total. The predicted octanol–water partition coefficient (Wildman–Crippen LogP) is 2.16. The van der Waals surface area contributed by atoms with Gasteiger partial charge in [-0.15, -0.1) is 0 Å². The van der Waals surface area contributed by atoms with Crippen molar-refractivity contribution in [1.29, 1.82) is 0 Å². The highest BCUT2D eigenvalue weighted by atomic mass is 16.4. The highest BCUT2D eigenvalue weighted by Gasteiger charge is 2.13. The number of carboxylic acids is 1. The summed E-state index contributed by atoms with van der Waals surface area (Å²) in [5.41, 5.74) is 0.562. The van der Waals surface area contributed by atoms with Crippen molar-refractivity contribution in [2.45, 2.75) is 0 Å². The Morgan fingerprint density at radius 3 is 2.41 bits per heavy atom. The first-order valence-corrected chi connectivity index (χ1v) is 4.88. The van der Waals surface area contributed by atoms with Crippen LogP contribution in [0, 0.1) is 0 Å². The number of aromatic carboxylic acids is 1. The van der Waals surface area contributed by atoms with Gasteiger partial charge in [-0.3, -0.25) is 9.59 Å². The van der Waals surface area contributed by atoms with Crippen LogP contribution < -0.4 is 0 Å². The lowest BCUT2D eigenvalue weighted by atomic mass is 9.98. The monoisotopic (exact) mass is 228 g/mol. The van der Waals surface area contributed by atoms with E-state index in [0.717, 1.165) is 0 Å². The van der Waals surface area contributed by atoms with E-state index in [-0.39, 0.29) is 11.1 Å². The van der Waals surface area contributed by atoms with Crippen LogP contribution in [0.4, 0.5) is 0 Å². The van der Waals surface area contributed by atoms with E-state index >= 15 is 0 Å². The molecule has 0 fully saturated rings. The molecule has 0 heterocycles. The Hall–Kier alpha value is -2.49. The molecule has 0 atom stereocenters. The first-order valence-electron chi connectivity index (χ1n) is 4.88. The Balaban J connectivity index is 2.86. The lowest BCUT2D eigenvalue weighted by molar-refractivity contribution is 0.0696. The predicted molar refractivity (Wildman–Crippen MR) is 61.7 cm³/mol. The van der Waals surface area contributed by atoms with E-state index < -0.39 is 5.97 Å². The summed E-state index contributed by atoms with van der Waals surface area (Å²) in [6, 6.07) is 7.71. The summed E-state index contributed by atoms with van der Waals surface area (Å²) in [6.45, 7) is 0. The molecule has 17 heavy (non-hydrogen) atoms. The summed E-state index contributed by atoms with van der Waals surface area (Å²) >= 11 is 0. The number of aldehydes is 2. The van der Waals surface area contributed by atoms with Crippen molar-refractivity contribution in [2.75, 3.05) is 0 Å². The quantitative estimate of drug-likeness (QED) is 0.817. The summed E-state index contributed by atoms with van der Waals surface area (Å²) in [6.07, 6.45) is 1.20. The number of hydrogen-bond acceptors (Lipinski definition) is 3. The number of fused-ring (bicyclic) bond motifs is 1. The largest absolute Gasteiger partial charge is 0.478 e. The van der Waals surface area contributed by atoms with Gasteiger partial charge in [-0.2, -0.15) is 0 Å². The summed E-state index contributed by atoms with van der Waals surface area (Å²) in [5.74, 6) is -1.16.